The summed E-state index contributed by atoms with van der Waals surface area (Å²) in [4.78, 5) is 4.24. The molecule has 1 aromatic heterocycles. The summed E-state index contributed by atoms with van der Waals surface area (Å²) in [6, 6.07) is 3.76. The first kappa shape index (κ1) is 6.61. The van der Waals surface area contributed by atoms with E-state index in [0.717, 1.165) is 24.5 Å². The maximum absolute atomic E-state index is 5.61. The van der Waals surface area contributed by atoms with Crippen molar-refractivity contribution >= 4 is 5.69 Å². The molecule has 0 spiro atoms. The Morgan fingerprint density at radius 2 is 2.36 bits per heavy atom. The molecule has 1 fully saturated rings. The Kier molecular flexibility index (Phi) is 1.51. The van der Waals surface area contributed by atoms with Crippen molar-refractivity contribution in [1.29, 1.82) is 0 Å². The summed E-state index contributed by atoms with van der Waals surface area (Å²) in [7, 11) is 0. The molecule has 0 atom stereocenters. The van der Waals surface area contributed by atoms with Crippen LogP contribution in [0.2, 0.25) is 0 Å². The molecule has 58 valence electrons. The van der Waals surface area contributed by atoms with Gasteiger partial charge in [0.1, 0.15) is 0 Å². The minimum Gasteiger partial charge on any atom is -0.399 e. The fourth-order valence-corrected chi connectivity index (χ4v) is 1.19. The van der Waals surface area contributed by atoms with E-state index in [-0.39, 0.29) is 0 Å². The molecule has 0 unspecified atom stereocenters. The molecule has 0 amide bonds. The van der Waals surface area contributed by atoms with Gasteiger partial charge in [-0.15, -0.1) is 0 Å². The summed E-state index contributed by atoms with van der Waals surface area (Å²) in [5.74, 6) is 0.582. The van der Waals surface area contributed by atoms with Crippen molar-refractivity contribution in [2.45, 2.75) is 5.92 Å². The highest BCUT2D eigenvalue weighted by molar-refractivity contribution is 5.38. The zero-order chi connectivity index (χ0) is 7.68. The molecule has 2 heterocycles. The van der Waals surface area contributed by atoms with Crippen molar-refractivity contribution in [3.8, 4) is 0 Å². The molecule has 3 nitrogen and oxygen atoms in total. The maximum atomic E-state index is 5.61. The third kappa shape index (κ3) is 1.19. The molecule has 0 bridgehead atoms. The van der Waals surface area contributed by atoms with Gasteiger partial charge < -0.3 is 11.1 Å². The van der Waals surface area contributed by atoms with Crippen LogP contribution in [0.25, 0.3) is 0 Å². The topological polar surface area (TPSA) is 50.9 Å². The average molecular weight is 149 g/mol. The Balaban J connectivity index is 2.23. The number of aromatic nitrogens is 1. The third-order valence-electron chi connectivity index (χ3n) is 2.00. The van der Waals surface area contributed by atoms with Gasteiger partial charge in [0.2, 0.25) is 0 Å². The van der Waals surface area contributed by atoms with E-state index in [2.05, 4.69) is 10.3 Å². The first-order chi connectivity index (χ1) is 5.36. The normalized spacial score (nSPS) is 17.8. The number of rotatable bonds is 1. The van der Waals surface area contributed by atoms with Crippen molar-refractivity contribution in [3.63, 3.8) is 0 Å². The molecule has 0 aliphatic carbocycles. The molecule has 0 saturated carbocycles. The van der Waals surface area contributed by atoms with Gasteiger partial charge in [0.15, 0.2) is 0 Å². The van der Waals surface area contributed by atoms with Crippen LogP contribution in [0, 0.1) is 0 Å². The quantitative estimate of drug-likeness (QED) is 0.605. The largest absolute Gasteiger partial charge is 0.399 e. The lowest BCUT2D eigenvalue weighted by molar-refractivity contribution is 0.440. The van der Waals surface area contributed by atoms with Crippen LogP contribution in [-0.2, 0) is 0 Å². The van der Waals surface area contributed by atoms with E-state index in [1.165, 1.54) is 0 Å². The van der Waals surface area contributed by atoms with Crippen molar-refractivity contribution < 1.29 is 0 Å². The fourth-order valence-electron chi connectivity index (χ4n) is 1.19. The van der Waals surface area contributed by atoms with Gasteiger partial charge in [-0.1, -0.05) is 0 Å². The number of nitrogen functional groups attached to an aromatic ring is 1. The van der Waals surface area contributed by atoms with Gasteiger partial charge in [0.25, 0.3) is 0 Å². The second kappa shape index (κ2) is 2.51. The van der Waals surface area contributed by atoms with Crippen molar-refractivity contribution in [3.05, 3.63) is 24.0 Å². The van der Waals surface area contributed by atoms with E-state index in [4.69, 9.17) is 5.73 Å². The summed E-state index contributed by atoms with van der Waals surface area (Å²) in [5, 5.41) is 3.20. The second-order valence-electron chi connectivity index (χ2n) is 2.87. The van der Waals surface area contributed by atoms with Gasteiger partial charge in [-0.2, -0.15) is 0 Å². The van der Waals surface area contributed by atoms with Crippen molar-refractivity contribution in [1.82, 2.24) is 10.3 Å². The molecule has 1 aromatic rings. The average Bonchev–Trinajstić information content (AvgIpc) is 1.83. The van der Waals surface area contributed by atoms with Crippen LogP contribution in [0.15, 0.2) is 18.3 Å². The van der Waals surface area contributed by atoms with Crippen LogP contribution >= 0.6 is 0 Å². The minimum absolute atomic E-state index is 0.582. The van der Waals surface area contributed by atoms with E-state index in [1.807, 2.05) is 12.1 Å². The lowest BCUT2D eigenvalue weighted by Crippen LogP contribution is -2.40. The van der Waals surface area contributed by atoms with E-state index < -0.39 is 0 Å². The van der Waals surface area contributed by atoms with Crippen molar-refractivity contribution in [2.75, 3.05) is 18.8 Å². The summed E-state index contributed by atoms with van der Waals surface area (Å²) < 4.78 is 0. The lowest BCUT2D eigenvalue weighted by atomic mass is 9.98. The standard InChI is InChI=1S/C8H11N3/c9-7-1-2-11-8(3-7)6-4-10-5-6/h1-3,6,10H,4-5H2,(H2,9,11). The monoisotopic (exact) mass is 149 g/mol. The van der Waals surface area contributed by atoms with Gasteiger partial charge in [-0.3, -0.25) is 4.98 Å². The number of nitrogens with one attached hydrogen (secondary N) is 1. The van der Waals surface area contributed by atoms with Gasteiger partial charge in [0, 0.05) is 36.6 Å². The predicted molar refractivity (Wildman–Crippen MR) is 44.3 cm³/mol. The van der Waals surface area contributed by atoms with Crippen LogP contribution in [0.3, 0.4) is 0 Å². The number of pyridine rings is 1. The second-order valence-corrected chi connectivity index (χ2v) is 2.87. The lowest BCUT2D eigenvalue weighted by Gasteiger charge is -2.26. The number of nitrogens with zero attached hydrogens (tertiary/aromatic N) is 1. The highest BCUT2D eigenvalue weighted by Crippen LogP contribution is 2.18. The number of hydrogen-bond donors (Lipinski definition) is 2. The third-order valence-corrected chi connectivity index (χ3v) is 2.00. The maximum Gasteiger partial charge on any atom is 0.0480 e. The molecule has 3 heteroatoms. The molecular formula is C8H11N3. The number of hydrogen-bond acceptors (Lipinski definition) is 3. The first-order valence-corrected chi connectivity index (χ1v) is 3.78. The number of anilines is 1. The zero-order valence-electron chi connectivity index (χ0n) is 6.25. The molecule has 0 radical (unpaired) electrons. The van der Waals surface area contributed by atoms with Gasteiger partial charge in [-0.05, 0) is 12.1 Å². The Morgan fingerprint density at radius 1 is 1.55 bits per heavy atom. The van der Waals surface area contributed by atoms with E-state index >= 15 is 0 Å². The molecule has 2 rings (SSSR count). The SMILES string of the molecule is Nc1ccnc(C2CNC2)c1. The predicted octanol–water partition coefficient (Wildman–Crippen LogP) is 0.351. The van der Waals surface area contributed by atoms with Crippen LogP contribution in [0.1, 0.15) is 11.6 Å². The molecule has 1 aliphatic heterocycles. The molecule has 3 N–H and O–H groups in total. The van der Waals surface area contributed by atoms with E-state index in [1.54, 1.807) is 6.20 Å². The molecular weight excluding hydrogens is 138 g/mol. The summed E-state index contributed by atoms with van der Waals surface area (Å²) in [5.41, 5.74) is 7.54. The highest BCUT2D eigenvalue weighted by Gasteiger charge is 2.19. The molecule has 11 heavy (non-hydrogen) atoms. The summed E-state index contributed by atoms with van der Waals surface area (Å²) >= 11 is 0. The molecule has 0 aromatic carbocycles. The van der Waals surface area contributed by atoms with Gasteiger partial charge >= 0.3 is 0 Å². The van der Waals surface area contributed by atoms with E-state index in [0.29, 0.717) is 5.92 Å². The zero-order valence-corrected chi connectivity index (χ0v) is 6.25. The Morgan fingerprint density at radius 3 is 2.91 bits per heavy atom. The Hall–Kier alpha value is -1.09. The fraction of sp³-hybridized carbons (Fsp3) is 0.375. The smallest absolute Gasteiger partial charge is 0.0480 e. The number of nitrogens with two attached hydrogens (primary N) is 1. The summed E-state index contributed by atoms with van der Waals surface area (Å²) in [6.07, 6.45) is 1.77. The summed E-state index contributed by atoms with van der Waals surface area (Å²) in [6.45, 7) is 2.08. The Labute approximate surface area is 65.6 Å². The minimum atomic E-state index is 0.582. The van der Waals surface area contributed by atoms with Crippen LogP contribution < -0.4 is 11.1 Å². The molecule has 1 aliphatic rings. The van der Waals surface area contributed by atoms with Crippen LogP contribution in [-0.4, -0.2) is 18.1 Å². The van der Waals surface area contributed by atoms with Gasteiger partial charge in [0.05, 0.1) is 0 Å². The van der Waals surface area contributed by atoms with Crippen LogP contribution in [0.4, 0.5) is 5.69 Å². The highest BCUT2D eigenvalue weighted by atomic mass is 15.0. The Bertz CT molecular complexity index is 255. The van der Waals surface area contributed by atoms with Crippen molar-refractivity contribution in [2.24, 2.45) is 0 Å². The van der Waals surface area contributed by atoms with Gasteiger partial charge in [-0.25, -0.2) is 0 Å². The molecule has 1 saturated heterocycles. The van der Waals surface area contributed by atoms with E-state index in [9.17, 15) is 0 Å². The first-order valence-electron chi connectivity index (χ1n) is 3.78. The van der Waals surface area contributed by atoms with Crippen LogP contribution in [0.5, 0.6) is 0 Å².